The van der Waals surface area contributed by atoms with Crippen LogP contribution in [0.3, 0.4) is 0 Å². The Morgan fingerprint density at radius 1 is 1.14 bits per heavy atom. The molecule has 1 N–H and O–H groups in total. The monoisotopic (exact) mass is 212 g/mol. The third-order valence-electron chi connectivity index (χ3n) is 2.60. The van der Waals surface area contributed by atoms with Gasteiger partial charge in [0.05, 0.1) is 0 Å². The number of hydrogen-bond donors (Lipinski definition) is 1. The van der Waals surface area contributed by atoms with E-state index in [1.54, 1.807) is 0 Å². The van der Waals surface area contributed by atoms with Gasteiger partial charge in [0.15, 0.2) is 0 Å². The van der Waals surface area contributed by atoms with E-state index in [9.17, 15) is 13.2 Å². The quantitative estimate of drug-likeness (QED) is 0.760. The molecule has 0 aromatic heterocycles. The summed E-state index contributed by atoms with van der Waals surface area (Å²) in [5.41, 5.74) is -0.193. The van der Waals surface area contributed by atoms with Gasteiger partial charge in [0.1, 0.15) is 6.10 Å². The van der Waals surface area contributed by atoms with Crippen LogP contribution in [0.2, 0.25) is 0 Å². The van der Waals surface area contributed by atoms with Gasteiger partial charge in [-0.05, 0) is 17.8 Å². The van der Waals surface area contributed by atoms with Crippen molar-refractivity contribution in [2.75, 3.05) is 0 Å². The zero-order valence-corrected chi connectivity index (χ0v) is 9.15. The first kappa shape index (κ1) is 13.8. The molecule has 0 heterocycles. The van der Waals surface area contributed by atoms with Crippen molar-refractivity contribution < 1.29 is 18.3 Å². The Kier molecular flexibility index (Phi) is 4.43. The molecular formula is C10H19F3O. The first-order valence-electron chi connectivity index (χ1n) is 4.83. The maximum Gasteiger partial charge on any atom is 0.414 e. The highest BCUT2D eigenvalue weighted by atomic mass is 19.4. The van der Waals surface area contributed by atoms with Gasteiger partial charge in [-0.15, -0.1) is 0 Å². The summed E-state index contributed by atoms with van der Waals surface area (Å²) in [6.07, 6.45) is -6.23. The van der Waals surface area contributed by atoms with Crippen LogP contribution in [0.15, 0.2) is 0 Å². The smallest absolute Gasteiger partial charge is 0.384 e. The Hall–Kier alpha value is -0.250. The molecule has 0 saturated carbocycles. The number of aliphatic hydroxyl groups excluding tert-OH is 1. The SMILES string of the molecule is CC[C@@H](CC(O)C(F)(F)F)C(C)(C)C. The van der Waals surface area contributed by atoms with Crippen LogP contribution in [-0.4, -0.2) is 17.4 Å². The maximum absolute atomic E-state index is 12.1. The predicted octanol–water partition coefficient (Wildman–Crippen LogP) is 3.37. The number of rotatable bonds is 3. The molecule has 14 heavy (non-hydrogen) atoms. The van der Waals surface area contributed by atoms with Crippen LogP contribution >= 0.6 is 0 Å². The molecular weight excluding hydrogens is 193 g/mol. The van der Waals surface area contributed by atoms with Crippen molar-refractivity contribution in [3.63, 3.8) is 0 Å². The van der Waals surface area contributed by atoms with E-state index >= 15 is 0 Å². The second-order valence-corrected chi connectivity index (χ2v) is 4.76. The Morgan fingerprint density at radius 3 is 1.79 bits per heavy atom. The van der Waals surface area contributed by atoms with Crippen LogP contribution in [0, 0.1) is 11.3 Å². The van der Waals surface area contributed by atoms with E-state index in [-0.39, 0.29) is 17.8 Å². The van der Waals surface area contributed by atoms with Crippen LogP contribution in [0.5, 0.6) is 0 Å². The molecule has 4 heteroatoms. The molecule has 0 aliphatic carbocycles. The van der Waals surface area contributed by atoms with Gasteiger partial charge in [-0.25, -0.2) is 0 Å². The number of alkyl halides is 3. The zero-order chi connectivity index (χ0) is 11.6. The minimum atomic E-state index is -4.49. The van der Waals surface area contributed by atoms with E-state index < -0.39 is 12.3 Å². The van der Waals surface area contributed by atoms with E-state index in [1.807, 2.05) is 27.7 Å². The maximum atomic E-state index is 12.1. The Bertz CT molecular complexity index is 169. The molecule has 0 bridgehead atoms. The summed E-state index contributed by atoms with van der Waals surface area (Å²) < 4.78 is 36.3. The van der Waals surface area contributed by atoms with Gasteiger partial charge < -0.3 is 5.11 Å². The Balaban J connectivity index is 4.34. The zero-order valence-electron chi connectivity index (χ0n) is 9.15. The fourth-order valence-electron chi connectivity index (χ4n) is 1.54. The first-order valence-corrected chi connectivity index (χ1v) is 4.83. The normalized spacial score (nSPS) is 18.0. The number of hydrogen-bond acceptors (Lipinski definition) is 1. The minimum Gasteiger partial charge on any atom is -0.384 e. The Morgan fingerprint density at radius 2 is 1.57 bits per heavy atom. The summed E-state index contributed by atoms with van der Waals surface area (Å²) in [6, 6.07) is 0. The van der Waals surface area contributed by atoms with Gasteiger partial charge in [-0.3, -0.25) is 0 Å². The Labute approximate surface area is 83.3 Å². The average Bonchev–Trinajstić information content (AvgIpc) is 1.95. The lowest BCUT2D eigenvalue weighted by Gasteiger charge is -2.31. The fraction of sp³-hybridized carbons (Fsp3) is 1.00. The van der Waals surface area contributed by atoms with Gasteiger partial charge in [-0.2, -0.15) is 13.2 Å². The topological polar surface area (TPSA) is 20.2 Å². The summed E-state index contributed by atoms with van der Waals surface area (Å²) in [7, 11) is 0. The minimum absolute atomic E-state index is 0.112. The van der Waals surface area contributed by atoms with E-state index in [0.717, 1.165) is 0 Å². The van der Waals surface area contributed by atoms with Crippen molar-refractivity contribution in [3.8, 4) is 0 Å². The largest absolute Gasteiger partial charge is 0.414 e. The van der Waals surface area contributed by atoms with Crippen LogP contribution in [0.25, 0.3) is 0 Å². The summed E-state index contributed by atoms with van der Waals surface area (Å²) in [6.45, 7) is 7.53. The van der Waals surface area contributed by atoms with Gasteiger partial charge in [-0.1, -0.05) is 34.1 Å². The van der Waals surface area contributed by atoms with Crippen molar-refractivity contribution in [3.05, 3.63) is 0 Å². The molecule has 0 aromatic carbocycles. The molecule has 0 spiro atoms. The van der Waals surface area contributed by atoms with E-state index in [0.29, 0.717) is 6.42 Å². The third-order valence-corrected chi connectivity index (χ3v) is 2.60. The highest BCUT2D eigenvalue weighted by Gasteiger charge is 2.40. The molecule has 0 radical (unpaired) electrons. The third kappa shape index (κ3) is 4.31. The predicted molar refractivity (Wildman–Crippen MR) is 49.9 cm³/mol. The van der Waals surface area contributed by atoms with E-state index in [2.05, 4.69) is 0 Å². The van der Waals surface area contributed by atoms with Crippen molar-refractivity contribution in [2.24, 2.45) is 11.3 Å². The number of aliphatic hydroxyl groups is 1. The van der Waals surface area contributed by atoms with Gasteiger partial charge in [0, 0.05) is 0 Å². The lowest BCUT2D eigenvalue weighted by molar-refractivity contribution is -0.210. The second-order valence-electron chi connectivity index (χ2n) is 4.76. The van der Waals surface area contributed by atoms with Crippen molar-refractivity contribution in [1.29, 1.82) is 0 Å². The summed E-state index contributed by atoms with van der Waals surface area (Å²) >= 11 is 0. The van der Waals surface area contributed by atoms with Crippen molar-refractivity contribution >= 4 is 0 Å². The standard InChI is InChI=1S/C10H19F3O/c1-5-7(9(2,3)4)6-8(14)10(11,12)13/h7-8,14H,5-6H2,1-4H3/t7-,8?/m0/s1. The summed E-state index contributed by atoms with van der Waals surface area (Å²) in [4.78, 5) is 0. The fourth-order valence-corrected chi connectivity index (χ4v) is 1.54. The molecule has 1 nitrogen and oxygen atoms in total. The van der Waals surface area contributed by atoms with Gasteiger partial charge >= 0.3 is 6.18 Å². The molecule has 86 valence electrons. The molecule has 0 aromatic rings. The molecule has 2 atom stereocenters. The van der Waals surface area contributed by atoms with Gasteiger partial charge in [0.25, 0.3) is 0 Å². The number of halogens is 3. The first-order chi connectivity index (χ1) is 6.09. The van der Waals surface area contributed by atoms with E-state index in [1.165, 1.54) is 0 Å². The van der Waals surface area contributed by atoms with E-state index in [4.69, 9.17) is 5.11 Å². The van der Waals surface area contributed by atoms with Crippen LogP contribution in [0.4, 0.5) is 13.2 Å². The van der Waals surface area contributed by atoms with Crippen molar-refractivity contribution in [1.82, 2.24) is 0 Å². The summed E-state index contributed by atoms with van der Waals surface area (Å²) in [5.74, 6) is -0.112. The van der Waals surface area contributed by atoms with Gasteiger partial charge in [0.2, 0.25) is 0 Å². The summed E-state index contributed by atoms with van der Waals surface area (Å²) in [5, 5.41) is 8.93. The van der Waals surface area contributed by atoms with Crippen molar-refractivity contribution in [2.45, 2.75) is 52.8 Å². The lowest BCUT2D eigenvalue weighted by atomic mass is 9.76. The molecule has 0 fully saturated rings. The molecule has 0 amide bonds. The lowest BCUT2D eigenvalue weighted by Crippen LogP contribution is -2.34. The van der Waals surface area contributed by atoms with Crippen LogP contribution < -0.4 is 0 Å². The molecule has 0 rings (SSSR count). The highest BCUT2D eigenvalue weighted by molar-refractivity contribution is 4.78. The average molecular weight is 212 g/mol. The molecule has 0 aliphatic heterocycles. The molecule has 0 saturated heterocycles. The highest BCUT2D eigenvalue weighted by Crippen LogP contribution is 2.35. The second kappa shape index (κ2) is 4.51. The molecule has 1 unspecified atom stereocenters. The van der Waals surface area contributed by atoms with Crippen LogP contribution in [-0.2, 0) is 0 Å². The van der Waals surface area contributed by atoms with Crippen LogP contribution in [0.1, 0.15) is 40.5 Å². The molecule has 0 aliphatic rings.